The number of methoxy groups -OCH3 is 1. The van der Waals surface area contributed by atoms with Crippen molar-refractivity contribution in [2.24, 2.45) is 5.92 Å². The maximum absolute atomic E-state index is 12.8. The van der Waals surface area contributed by atoms with Gasteiger partial charge in [0.1, 0.15) is 0 Å². The highest BCUT2D eigenvalue weighted by Gasteiger charge is 2.27. The molecule has 1 aromatic carbocycles. The fourth-order valence-electron chi connectivity index (χ4n) is 3.35. The number of nitro benzene ring substituents is 1. The number of carbonyl (C=O) groups excluding carboxylic acids is 2. The first-order chi connectivity index (χ1) is 12.9. The Bertz CT molecular complexity index is 693. The summed E-state index contributed by atoms with van der Waals surface area (Å²) in [6.07, 6.45) is 8.31. The zero-order valence-electron chi connectivity index (χ0n) is 15.8. The third kappa shape index (κ3) is 5.91. The molecular weight excluding hydrogens is 348 g/mol. The molecule has 0 bridgehead atoms. The molecule has 1 amide bonds. The van der Waals surface area contributed by atoms with Crippen molar-refractivity contribution in [1.29, 1.82) is 0 Å². The minimum absolute atomic E-state index is 0.00853. The Morgan fingerprint density at radius 1 is 1.26 bits per heavy atom. The van der Waals surface area contributed by atoms with Crippen molar-refractivity contribution >= 4 is 23.6 Å². The van der Waals surface area contributed by atoms with Crippen molar-refractivity contribution in [2.45, 2.75) is 45.1 Å². The zero-order chi connectivity index (χ0) is 19.8. The van der Waals surface area contributed by atoms with Gasteiger partial charge in [0, 0.05) is 30.8 Å². The van der Waals surface area contributed by atoms with E-state index in [0.29, 0.717) is 12.1 Å². The molecule has 0 spiro atoms. The second-order valence-electron chi connectivity index (χ2n) is 6.89. The van der Waals surface area contributed by atoms with Crippen LogP contribution in [0.15, 0.2) is 30.3 Å². The molecule has 1 fully saturated rings. The summed E-state index contributed by atoms with van der Waals surface area (Å²) >= 11 is 0. The van der Waals surface area contributed by atoms with E-state index in [2.05, 4.69) is 0 Å². The SMILES string of the molecule is COC(=O)C(C)CN(C(=O)/C=C/c1ccc([N+](=O)[O-])cc1)C1CCCCC1. The van der Waals surface area contributed by atoms with E-state index in [1.165, 1.54) is 31.7 Å². The normalized spacial score (nSPS) is 16.1. The van der Waals surface area contributed by atoms with Crippen LogP contribution in [0.25, 0.3) is 6.08 Å². The highest BCUT2D eigenvalue weighted by atomic mass is 16.6. The maximum Gasteiger partial charge on any atom is 0.310 e. The number of carbonyl (C=O) groups is 2. The molecule has 2 rings (SSSR count). The summed E-state index contributed by atoms with van der Waals surface area (Å²) in [6, 6.07) is 6.14. The van der Waals surface area contributed by atoms with E-state index < -0.39 is 10.8 Å². The predicted octanol–water partition coefficient (Wildman–Crippen LogP) is 3.58. The lowest BCUT2D eigenvalue weighted by molar-refractivity contribution is -0.384. The predicted molar refractivity (Wildman–Crippen MR) is 102 cm³/mol. The fraction of sp³-hybridized carbons (Fsp3) is 0.500. The van der Waals surface area contributed by atoms with Crippen molar-refractivity contribution in [3.63, 3.8) is 0 Å². The summed E-state index contributed by atoms with van der Waals surface area (Å²) < 4.78 is 4.79. The molecule has 1 aliphatic rings. The number of hydrogen-bond donors (Lipinski definition) is 0. The van der Waals surface area contributed by atoms with E-state index in [1.54, 1.807) is 30.0 Å². The van der Waals surface area contributed by atoms with Crippen LogP contribution in [-0.2, 0) is 14.3 Å². The molecule has 0 heterocycles. The van der Waals surface area contributed by atoms with Crippen molar-refractivity contribution in [2.75, 3.05) is 13.7 Å². The fourth-order valence-corrected chi connectivity index (χ4v) is 3.35. The molecule has 27 heavy (non-hydrogen) atoms. The maximum atomic E-state index is 12.8. The molecular formula is C20H26N2O5. The summed E-state index contributed by atoms with van der Waals surface area (Å²) in [5.41, 5.74) is 0.716. The molecule has 0 N–H and O–H groups in total. The number of amides is 1. The molecule has 0 saturated heterocycles. The standard InChI is InChI=1S/C20H26N2O5/c1-15(20(24)27-2)14-21(17-6-4-3-5-7-17)19(23)13-10-16-8-11-18(12-9-16)22(25)26/h8-13,15,17H,3-7,14H2,1-2H3/b13-10+. The number of rotatable bonds is 7. The van der Waals surface area contributed by atoms with Crippen molar-refractivity contribution in [3.05, 3.63) is 46.0 Å². The quantitative estimate of drug-likeness (QED) is 0.315. The third-order valence-electron chi connectivity index (χ3n) is 4.89. The molecule has 146 valence electrons. The number of non-ortho nitro benzene ring substituents is 1. The van der Waals surface area contributed by atoms with Crippen LogP contribution in [0, 0.1) is 16.0 Å². The molecule has 1 atom stereocenters. The highest BCUT2D eigenvalue weighted by Crippen LogP contribution is 2.24. The van der Waals surface area contributed by atoms with Gasteiger partial charge in [-0.2, -0.15) is 0 Å². The molecule has 7 nitrogen and oxygen atoms in total. The van der Waals surface area contributed by atoms with E-state index in [1.807, 2.05) is 0 Å². The monoisotopic (exact) mass is 374 g/mol. The van der Waals surface area contributed by atoms with E-state index in [-0.39, 0.29) is 23.6 Å². The van der Waals surface area contributed by atoms with Crippen LogP contribution in [0.3, 0.4) is 0 Å². The summed E-state index contributed by atoms with van der Waals surface area (Å²) in [7, 11) is 1.35. The van der Waals surface area contributed by atoms with Crippen LogP contribution in [0.1, 0.15) is 44.6 Å². The molecule has 0 aromatic heterocycles. The molecule has 0 radical (unpaired) electrons. The zero-order valence-corrected chi connectivity index (χ0v) is 15.8. The molecule has 0 aliphatic heterocycles. The van der Waals surface area contributed by atoms with Crippen molar-refractivity contribution < 1.29 is 19.2 Å². The van der Waals surface area contributed by atoms with Crippen LogP contribution in [0.4, 0.5) is 5.69 Å². The summed E-state index contributed by atoms with van der Waals surface area (Å²) in [5, 5.41) is 10.7. The van der Waals surface area contributed by atoms with Gasteiger partial charge in [0.05, 0.1) is 18.0 Å². The Labute approximate surface area is 159 Å². The van der Waals surface area contributed by atoms with Gasteiger partial charge in [0.25, 0.3) is 5.69 Å². The van der Waals surface area contributed by atoms with E-state index in [0.717, 1.165) is 25.7 Å². The lowest BCUT2D eigenvalue weighted by Gasteiger charge is -2.35. The van der Waals surface area contributed by atoms with Gasteiger partial charge >= 0.3 is 5.97 Å². The first-order valence-corrected chi connectivity index (χ1v) is 9.23. The van der Waals surface area contributed by atoms with Gasteiger partial charge in [-0.15, -0.1) is 0 Å². The van der Waals surface area contributed by atoms with Crippen LogP contribution in [0.5, 0.6) is 0 Å². The first-order valence-electron chi connectivity index (χ1n) is 9.23. The van der Waals surface area contributed by atoms with Gasteiger partial charge in [-0.25, -0.2) is 0 Å². The molecule has 7 heteroatoms. The van der Waals surface area contributed by atoms with Crippen LogP contribution in [-0.4, -0.2) is 41.4 Å². The van der Waals surface area contributed by atoms with Crippen LogP contribution < -0.4 is 0 Å². The van der Waals surface area contributed by atoms with Gasteiger partial charge in [0.2, 0.25) is 5.91 Å². The lowest BCUT2D eigenvalue weighted by atomic mass is 9.93. The molecule has 1 aliphatic carbocycles. The average molecular weight is 374 g/mol. The number of esters is 1. The topological polar surface area (TPSA) is 89.8 Å². The summed E-state index contributed by atoms with van der Waals surface area (Å²) in [5.74, 6) is -0.882. The van der Waals surface area contributed by atoms with Crippen LogP contribution in [0.2, 0.25) is 0 Å². The minimum atomic E-state index is -0.461. The largest absolute Gasteiger partial charge is 0.469 e. The Morgan fingerprint density at radius 2 is 1.89 bits per heavy atom. The Balaban J connectivity index is 2.11. The second kappa shape index (κ2) is 9.85. The Morgan fingerprint density at radius 3 is 2.44 bits per heavy atom. The minimum Gasteiger partial charge on any atom is -0.469 e. The van der Waals surface area contributed by atoms with Gasteiger partial charge in [-0.05, 0) is 36.6 Å². The second-order valence-corrected chi connectivity index (χ2v) is 6.89. The molecule has 1 saturated carbocycles. The van der Waals surface area contributed by atoms with E-state index in [9.17, 15) is 19.7 Å². The smallest absolute Gasteiger partial charge is 0.310 e. The van der Waals surface area contributed by atoms with Crippen molar-refractivity contribution in [3.8, 4) is 0 Å². The summed E-state index contributed by atoms with van der Waals surface area (Å²) in [4.78, 5) is 36.6. The number of ether oxygens (including phenoxy) is 1. The van der Waals surface area contributed by atoms with Gasteiger partial charge < -0.3 is 9.64 Å². The van der Waals surface area contributed by atoms with E-state index >= 15 is 0 Å². The van der Waals surface area contributed by atoms with Gasteiger partial charge in [0.15, 0.2) is 0 Å². The van der Waals surface area contributed by atoms with Gasteiger partial charge in [-0.1, -0.05) is 26.2 Å². The number of nitro groups is 1. The van der Waals surface area contributed by atoms with Crippen LogP contribution >= 0.6 is 0 Å². The van der Waals surface area contributed by atoms with E-state index in [4.69, 9.17) is 4.74 Å². The molecule has 1 unspecified atom stereocenters. The Kier molecular flexibility index (Phi) is 7.52. The average Bonchev–Trinajstić information content (AvgIpc) is 2.70. The number of hydrogen-bond acceptors (Lipinski definition) is 5. The van der Waals surface area contributed by atoms with Gasteiger partial charge in [-0.3, -0.25) is 19.7 Å². The molecule has 1 aromatic rings. The number of benzene rings is 1. The number of nitrogens with zero attached hydrogens (tertiary/aromatic N) is 2. The first kappa shape index (κ1) is 20.6. The lowest BCUT2D eigenvalue weighted by Crippen LogP contribution is -2.44. The highest BCUT2D eigenvalue weighted by molar-refractivity contribution is 5.92. The Hall–Kier alpha value is -2.70. The third-order valence-corrected chi connectivity index (χ3v) is 4.89. The summed E-state index contributed by atoms with van der Waals surface area (Å²) in [6.45, 7) is 2.08. The van der Waals surface area contributed by atoms with Crippen molar-refractivity contribution in [1.82, 2.24) is 4.90 Å².